The summed E-state index contributed by atoms with van der Waals surface area (Å²) in [5.74, 6) is 0. The van der Waals surface area contributed by atoms with Crippen LogP contribution < -0.4 is 4.90 Å². The SMILES string of the molecule is C\C=C/C(=C\C=C\C)N(C(/C=C\C(C)=C/C)=C/C)c1ccc(C2(c3ccccc3)CCCCC2)cc1. The molecule has 1 saturated carbocycles. The zero-order valence-electron chi connectivity index (χ0n) is 22.9. The molecule has 0 atom stereocenters. The third-order valence-electron chi connectivity index (χ3n) is 7.29. The number of anilines is 1. The Hall–Kier alpha value is -3.32. The van der Waals surface area contributed by atoms with Crippen molar-refractivity contribution in [2.45, 2.75) is 72.1 Å². The molecule has 0 bridgehead atoms. The average molecular weight is 478 g/mol. The Morgan fingerprint density at radius 2 is 1.36 bits per heavy atom. The first-order chi connectivity index (χ1) is 17.6. The number of hydrogen-bond acceptors (Lipinski definition) is 1. The lowest BCUT2D eigenvalue weighted by molar-refractivity contribution is 0.346. The third-order valence-corrected chi connectivity index (χ3v) is 7.29. The van der Waals surface area contributed by atoms with Gasteiger partial charge in [0.1, 0.15) is 0 Å². The molecule has 0 amide bonds. The molecule has 0 unspecified atom stereocenters. The highest BCUT2D eigenvalue weighted by atomic mass is 15.1. The van der Waals surface area contributed by atoms with Crippen molar-refractivity contribution >= 4 is 5.69 Å². The van der Waals surface area contributed by atoms with Crippen LogP contribution in [0.5, 0.6) is 0 Å². The lowest BCUT2D eigenvalue weighted by Gasteiger charge is -2.39. The summed E-state index contributed by atoms with van der Waals surface area (Å²) < 4.78 is 0. The lowest BCUT2D eigenvalue weighted by atomic mass is 9.65. The Labute approximate surface area is 219 Å². The zero-order valence-corrected chi connectivity index (χ0v) is 22.9. The van der Waals surface area contributed by atoms with E-state index < -0.39 is 0 Å². The number of benzene rings is 2. The fourth-order valence-corrected chi connectivity index (χ4v) is 5.22. The van der Waals surface area contributed by atoms with Gasteiger partial charge in [-0.2, -0.15) is 0 Å². The molecule has 3 rings (SSSR count). The molecule has 0 aliphatic heterocycles. The van der Waals surface area contributed by atoms with Gasteiger partial charge in [-0.3, -0.25) is 0 Å². The smallest absolute Gasteiger partial charge is 0.0461 e. The quantitative estimate of drug-likeness (QED) is 0.325. The van der Waals surface area contributed by atoms with E-state index in [0.717, 1.165) is 11.4 Å². The van der Waals surface area contributed by atoms with Crippen LogP contribution in [0.3, 0.4) is 0 Å². The van der Waals surface area contributed by atoms with Crippen LogP contribution in [0, 0.1) is 0 Å². The predicted molar refractivity (Wildman–Crippen MR) is 159 cm³/mol. The molecular weight excluding hydrogens is 434 g/mol. The first-order valence-electron chi connectivity index (χ1n) is 13.5. The van der Waals surface area contributed by atoms with Gasteiger partial charge in [-0.05, 0) is 88.9 Å². The van der Waals surface area contributed by atoms with Crippen LogP contribution in [0.15, 0.2) is 126 Å². The maximum atomic E-state index is 2.37. The van der Waals surface area contributed by atoms with Gasteiger partial charge in [0.2, 0.25) is 0 Å². The minimum absolute atomic E-state index is 0.113. The maximum Gasteiger partial charge on any atom is 0.0461 e. The summed E-state index contributed by atoms with van der Waals surface area (Å²) in [6.07, 6.45) is 25.7. The zero-order chi connectivity index (χ0) is 25.8. The molecule has 36 heavy (non-hydrogen) atoms. The summed E-state index contributed by atoms with van der Waals surface area (Å²) in [4.78, 5) is 2.35. The molecule has 0 heterocycles. The lowest BCUT2D eigenvalue weighted by Crippen LogP contribution is -2.30. The summed E-state index contributed by atoms with van der Waals surface area (Å²) in [6.45, 7) is 10.5. The van der Waals surface area contributed by atoms with Crippen molar-refractivity contribution in [3.05, 3.63) is 137 Å². The number of rotatable bonds is 9. The molecule has 1 aliphatic rings. The van der Waals surface area contributed by atoms with Crippen LogP contribution in [0.2, 0.25) is 0 Å². The molecule has 1 aliphatic carbocycles. The van der Waals surface area contributed by atoms with Crippen molar-refractivity contribution in [2.24, 2.45) is 0 Å². The normalized spacial score (nSPS) is 17.4. The van der Waals surface area contributed by atoms with Gasteiger partial charge >= 0.3 is 0 Å². The molecule has 0 saturated heterocycles. The van der Waals surface area contributed by atoms with Crippen molar-refractivity contribution in [3.8, 4) is 0 Å². The van der Waals surface area contributed by atoms with Gasteiger partial charge in [-0.1, -0.05) is 104 Å². The Morgan fingerprint density at radius 1 is 0.694 bits per heavy atom. The molecule has 1 nitrogen and oxygen atoms in total. The standard InChI is InChI=1S/C35H43N/c1-6-10-20-33(17-7-2)36(32(9-4)24-21-29(5)8-3)34-25-22-31(23-26-34)35(27-15-12-16-28-35)30-18-13-11-14-19-30/h6-11,13-14,17-26H,12,15-16,27-28H2,1-5H3/b10-6+,17-7-,24-21-,29-8-,32-9+,33-20+. The second-order valence-electron chi connectivity index (χ2n) is 9.59. The van der Waals surface area contributed by atoms with E-state index in [1.165, 1.54) is 54.5 Å². The minimum Gasteiger partial charge on any atom is -0.311 e. The van der Waals surface area contributed by atoms with Gasteiger partial charge in [0.05, 0.1) is 0 Å². The van der Waals surface area contributed by atoms with Crippen molar-refractivity contribution in [1.29, 1.82) is 0 Å². The molecule has 0 radical (unpaired) electrons. The van der Waals surface area contributed by atoms with E-state index in [1.54, 1.807) is 0 Å². The van der Waals surface area contributed by atoms with Gasteiger partial charge in [0, 0.05) is 22.5 Å². The highest BCUT2D eigenvalue weighted by Gasteiger charge is 2.35. The Kier molecular flexibility index (Phi) is 10.4. The highest BCUT2D eigenvalue weighted by molar-refractivity contribution is 5.64. The number of allylic oxidation sites excluding steroid dienone is 10. The van der Waals surface area contributed by atoms with E-state index in [1.807, 2.05) is 0 Å². The van der Waals surface area contributed by atoms with Gasteiger partial charge in [-0.15, -0.1) is 0 Å². The average Bonchev–Trinajstić information content (AvgIpc) is 2.94. The van der Waals surface area contributed by atoms with Crippen LogP contribution >= 0.6 is 0 Å². The summed E-state index contributed by atoms with van der Waals surface area (Å²) in [5, 5.41) is 0. The van der Waals surface area contributed by atoms with Gasteiger partial charge < -0.3 is 4.90 Å². The number of hydrogen-bond donors (Lipinski definition) is 0. The minimum atomic E-state index is 0.113. The Morgan fingerprint density at radius 3 is 1.94 bits per heavy atom. The second kappa shape index (κ2) is 13.7. The molecular formula is C35H43N. The fourth-order valence-electron chi connectivity index (χ4n) is 5.22. The van der Waals surface area contributed by atoms with Gasteiger partial charge in [0.15, 0.2) is 0 Å². The molecule has 0 aromatic heterocycles. The summed E-state index contributed by atoms with van der Waals surface area (Å²) in [7, 11) is 0. The Bertz CT molecular complexity index is 1130. The van der Waals surface area contributed by atoms with E-state index in [4.69, 9.17) is 0 Å². The molecule has 0 N–H and O–H groups in total. The summed E-state index contributed by atoms with van der Waals surface area (Å²) >= 11 is 0. The first-order valence-corrected chi connectivity index (χ1v) is 13.5. The van der Waals surface area contributed by atoms with E-state index in [0.29, 0.717) is 0 Å². The van der Waals surface area contributed by atoms with E-state index in [2.05, 4.69) is 149 Å². The van der Waals surface area contributed by atoms with Crippen LogP contribution in [-0.2, 0) is 5.41 Å². The van der Waals surface area contributed by atoms with Crippen molar-refractivity contribution < 1.29 is 0 Å². The maximum absolute atomic E-state index is 2.37. The molecule has 2 aromatic rings. The molecule has 188 valence electrons. The predicted octanol–water partition coefficient (Wildman–Crippen LogP) is 10.2. The molecule has 0 spiro atoms. The summed E-state index contributed by atoms with van der Waals surface area (Å²) in [6, 6.07) is 20.5. The largest absolute Gasteiger partial charge is 0.311 e. The Balaban J connectivity index is 2.10. The van der Waals surface area contributed by atoms with Crippen LogP contribution in [0.1, 0.15) is 77.8 Å². The first kappa shape index (κ1) is 27.3. The topological polar surface area (TPSA) is 3.24 Å². The summed E-state index contributed by atoms with van der Waals surface area (Å²) in [5.41, 5.74) is 7.70. The highest BCUT2D eigenvalue weighted by Crippen LogP contribution is 2.45. The van der Waals surface area contributed by atoms with Crippen LogP contribution in [-0.4, -0.2) is 0 Å². The monoisotopic (exact) mass is 477 g/mol. The van der Waals surface area contributed by atoms with E-state index >= 15 is 0 Å². The fraction of sp³-hybridized carbons (Fsp3) is 0.314. The van der Waals surface area contributed by atoms with Crippen molar-refractivity contribution in [3.63, 3.8) is 0 Å². The number of nitrogens with zero attached hydrogens (tertiary/aromatic N) is 1. The second-order valence-corrected chi connectivity index (χ2v) is 9.59. The molecule has 1 fully saturated rings. The molecule has 1 heteroatoms. The van der Waals surface area contributed by atoms with E-state index in [9.17, 15) is 0 Å². The van der Waals surface area contributed by atoms with E-state index in [-0.39, 0.29) is 5.41 Å². The van der Waals surface area contributed by atoms with Crippen molar-refractivity contribution in [1.82, 2.24) is 0 Å². The van der Waals surface area contributed by atoms with Crippen LogP contribution in [0.4, 0.5) is 5.69 Å². The van der Waals surface area contributed by atoms with Gasteiger partial charge in [-0.25, -0.2) is 0 Å². The van der Waals surface area contributed by atoms with Crippen LogP contribution in [0.25, 0.3) is 0 Å². The van der Waals surface area contributed by atoms with Crippen molar-refractivity contribution in [2.75, 3.05) is 4.90 Å². The van der Waals surface area contributed by atoms with Gasteiger partial charge in [0.25, 0.3) is 0 Å². The molecule has 2 aromatic carbocycles. The third kappa shape index (κ3) is 6.46.